The molecule has 3 nitrogen and oxygen atoms in total. The van der Waals surface area contributed by atoms with Crippen LogP contribution in [0, 0.1) is 0 Å². The molecule has 1 aromatic carbocycles. The molecule has 0 saturated heterocycles. The van der Waals surface area contributed by atoms with Gasteiger partial charge in [0.15, 0.2) is 0 Å². The van der Waals surface area contributed by atoms with Crippen LogP contribution >= 0.6 is 11.3 Å². The summed E-state index contributed by atoms with van der Waals surface area (Å²) in [6.45, 7) is 0.743. The Bertz CT molecular complexity index is 439. The average Bonchev–Trinajstić information content (AvgIpc) is 2.75. The molecule has 0 aliphatic carbocycles. The summed E-state index contributed by atoms with van der Waals surface area (Å²) >= 11 is 1.49. The molecule has 0 saturated carbocycles. The number of nitrogens with zero attached hydrogens (tertiary/aromatic N) is 1. The minimum atomic E-state index is 0.290. The van der Waals surface area contributed by atoms with Gasteiger partial charge in [0.05, 0.1) is 16.1 Å². The molecule has 0 amide bonds. The molecule has 2 aromatic rings. The Morgan fingerprint density at radius 1 is 1.33 bits per heavy atom. The summed E-state index contributed by atoms with van der Waals surface area (Å²) < 4.78 is 4.73. The van der Waals surface area contributed by atoms with Crippen molar-refractivity contribution in [2.24, 2.45) is 0 Å². The van der Waals surface area contributed by atoms with Gasteiger partial charge in [0.25, 0.3) is 6.47 Å². The molecule has 0 atom stereocenters. The molecule has 1 heterocycles. The van der Waals surface area contributed by atoms with Crippen molar-refractivity contribution in [3.05, 3.63) is 40.7 Å². The third-order valence-corrected chi connectivity index (χ3v) is 2.78. The summed E-state index contributed by atoms with van der Waals surface area (Å²) in [5.41, 5.74) is 3.69. The van der Waals surface area contributed by atoms with Crippen LogP contribution < -0.4 is 0 Å². The maximum Gasteiger partial charge on any atom is 0.293 e. The SMILES string of the molecule is O=COCc1scnc1-c1ccccc1. The lowest BCUT2D eigenvalue weighted by molar-refractivity contribution is -0.129. The number of aromatic nitrogens is 1. The molecule has 76 valence electrons. The maximum atomic E-state index is 10.1. The van der Waals surface area contributed by atoms with Crippen molar-refractivity contribution in [1.29, 1.82) is 0 Å². The van der Waals surface area contributed by atoms with E-state index in [-0.39, 0.29) is 0 Å². The van der Waals surface area contributed by atoms with E-state index in [0.29, 0.717) is 13.1 Å². The first-order chi connectivity index (χ1) is 7.42. The van der Waals surface area contributed by atoms with Gasteiger partial charge in [-0.2, -0.15) is 0 Å². The van der Waals surface area contributed by atoms with Crippen molar-refractivity contribution in [2.75, 3.05) is 0 Å². The van der Waals surface area contributed by atoms with Crippen molar-refractivity contribution in [3.63, 3.8) is 0 Å². The standard InChI is InChI=1S/C11H9NO2S/c13-8-14-6-10-11(12-7-15-10)9-4-2-1-3-5-9/h1-5,7-8H,6H2. The molecule has 0 unspecified atom stereocenters. The van der Waals surface area contributed by atoms with E-state index in [9.17, 15) is 4.79 Å². The fourth-order valence-electron chi connectivity index (χ4n) is 1.31. The maximum absolute atomic E-state index is 10.1. The minimum absolute atomic E-state index is 0.290. The molecule has 0 radical (unpaired) electrons. The molecular weight excluding hydrogens is 210 g/mol. The second kappa shape index (κ2) is 4.70. The van der Waals surface area contributed by atoms with Gasteiger partial charge in [-0.3, -0.25) is 4.79 Å². The highest BCUT2D eigenvalue weighted by Gasteiger charge is 2.07. The van der Waals surface area contributed by atoms with Gasteiger partial charge in [0.1, 0.15) is 6.61 Å². The number of benzene rings is 1. The van der Waals surface area contributed by atoms with E-state index in [1.54, 1.807) is 5.51 Å². The molecule has 2 rings (SSSR count). The van der Waals surface area contributed by atoms with E-state index >= 15 is 0 Å². The van der Waals surface area contributed by atoms with Crippen LogP contribution in [0.2, 0.25) is 0 Å². The number of carbonyl (C=O) groups is 1. The lowest BCUT2D eigenvalue weighted by Gasteiger charge is -2.00. The van der Waals surface area contributed by atoms with E-state index in [0.717, 1.165) is 16.1 Å². The summed E-state index contributed by atoms with van der Waals surface area (Å²) in [7, 11) is 0. The summed E-state index contributed by atoms with van der Waals surface area (Å²) in [5.74, 6) is 0. The van der Waals surface area contributed by atoms with Crippen molar-refractivity contribution < 1.29 is 9.53 Å². The second-order valence-electron chi connectivity index (χ2n) is 2.90. The third kappa shape index (κ3) is 2.22. The Kier molecular flexibility index (Phi) is 3.09. The molecule has 0 aliphatic heterocycles. The Morgan fingerprint density at radius 2 is 2.13 bits per heavy atom. The molecule has 1 aromatic heterocycles. The number of hydrogen-bond acceptors (Lipinski definition) is 4. The first-order valence-electron chi connectivity index (χ1n) is 4.45. The fourth-order valence-corrected chi connectivity index (χ4v) is 2.02. The predicted octanol–water partition coefficient (Wildman–Crippen LogP) is 2.48. The van der Waals surface area contributed by atoms with Gasteiger partial charge in [-0.15, -0.1) is 11.3 Å². The van der Waals surface area contributed by atoms with Crippen molar-refractivity contribution >= 4 is 17.8 Å². The number of hydrogen-bond donors (Lipinski definition) is 0. The van der Waals surface area contributed by atoms with E-state index < -0.39 is 0 Å². The quantitative estimate of drug-likeness (QED) is 0.741. The Balaban J connectivity index is 2.29. The average molecular weight is 219 g/mol. The van der Waals surface area contributed by atoms with Gasteiger partial charge in [-0.05, 0) is 0 Å². The Morgan fingerprint density at radius 3 is 2.87 bits per heavy atom. The van der Waals surface area contributed by atoms with Crippen molar-refractivity contribution in [3.8, 4) is 11.3 Å². The summed E-state index contributed by atoms with van der Waals surface area (Å²) in [6.07, 6.45) is 0. The van der Waals surface area contributed by atoms with Gasteiger partial charge < -0.3 is 4.74 Å². The Hall–Kier alpha value is -1.68. The summed E-state index contributed by atoms with van der Waals surface area (Å²) in [4.78, 5) is 15.3. The molecule has 0 bridgehead atoms. The minimum Gasteiger partial charge on any atom is -0.462 e. The smallest absolute Gasteiger partial charge is 0.293 e. The molecule has 0 spiro atoms. The zero-order chi connectivity index (χ0) is 10.5. The van der Waals surface area contributed by atoms with Crippen LogP contribution in [0.15, 0.2) is 35.8 Å². The molecule has 4 heteroatoms. The lowest BCUT2D eigenvalue weighted by Crippen LogP contribution is -1.90. The molecule has 0 N–H and O–H groups in total. The van der Waals surface area contributed by atoms with Gasteiger partial charge >= 0.3 is 0 Å². The normalized spacial score (nSPS) is 9.87. The van der Waals surface area contributed by atoms with Crippen LogP contribution in [-0.4, -0.2) is 11.5 Å². The number of ether oxygens (including phenoxy) is 1. The molecule has 0 aliphatic rings. The lowest BCUT2D eigenvalue weighted by atomic mass is 10.1. The summed E-state index contributed by atoms with van der Waals surface area (Å²) in [6, 6.07) is 9.84. The monoisotopic (exact) mass is 219 g/mol. The first-order valence-corrected chi connectivity index (χ1v) is 5.33. The topological polar surface area (TPSA) is 39.2 Å². The van der Waals surface area contributed by atoms with E-state index in [1.165, 1.54) is 11.3 Å². The predicted molar refractivity (Wildman–Crippen MR) is 58.4 cm³/mol. The number of rotatable bonds is 4. The van der Waals surface area contributed by atoms with Crippen LogP contribution in [0.5, 0.6) is 0 Å². The first kappa shape index (κ1) is 9.86. The highest BCUT2D eigenvalue weighted by Crippen LogP contribution is 2.25. The highest BCUT2D eigenvalue weighted by molar-refractivity contribution is 7.10. The van der Waals surface area contributed by atoms with Gasteiger partial charge in [-0.25, -0.2) is 4.98 Å². The zero-order valence-electron chi connectivity index (χ0n) is 7.92. The van der Waals surface area contributed by atoms with Crippen LogP contribution in [-0.2, 0) is 16.1 Å². The van der Waals surface area contributed by atoms with Crippen LogP contribution in [0.4, 0.5) is 0 Å². The zero-order valence-corrected chi connectivity index (χ0v) is 8.74. The second-order valence-corrected chi connectivity index (χ2v) is 3.84. The van der Waals surface area contributed by atoms with Crippen molar-refractivity contribution in [2.45, 2.75) is 6.61 Å². The number of thiazole rings is 1. The Labute approximate surface area is 91.4 Å². The van der Waals surface area contributed by atoms with Crippen LogP contribution in [0.25, 0.3) is 11.3 Å². The van der Waals surface area contributed by atoms with E-state index in [2.05, 4.69) is 4.98 Å². The largest absolute Gasteiger partial charge is 0.462 e. The fraction of sp³-hybridized carbons (Fsp3) is 0.0909. The highest BCUT2D eigenvalue weighted by atomic mass is 32.1. The molecular formula is C11H9NO2S. The summed E-state index contributed by atoms with van der Waals surface area (Å²) in [5, 5.41) is 0. The van der Waals surface area contributed by atoms with Gasteiger partial charge in [0, 0.05) is 5.56 Å². The van der Waals surface area contributed by atoms with Crippen LogP contribution in [0.3, 0.4) is 0 Å². The van der Waals surface area contributed by atoms with Gasteiger partial charge in [-0.1, -0.05) is 30.3 Å². The van der Waals surface area contributed by atoms with Crippen LogP contribution in [0.1, 0.15) is 4.88 Å². The van der Waals surface area contributed by atoms with E-state index in [1.807, 2.05) is 30.3 Å². The van der Waals surface area contributed by atoms with Crippen molar-refractivity contribution in [1.82, 2.24) is 4.98 Å². The number of carbonyl (C=O) groups excluding carboxylic acids is 1. The third-order valence-electron chi connectivity index (χ3n) is 1.97. The molecule has 15 heavy (non-hydrogen) atoms. The van der Waals surface area contributed by atoms with Gasteiger partial charge in [0.2, 0.25) is 0 Å². The van der Waals surface area contributed by atoms with E-state index in [4.69, 9.17) is 4.74 Å². The molecule has 0 fully saturated rings.